The first kappa shape index (κ1) is 21.3. The van der Waals surface area contributed by atoms with E-state index in [2.05, 4.69) is 68.2 Å². The number of hydrogen-bond acceptors (Lipinski definition) is 3. The average Bonchev–Trinajstić information content (AvgIpc) is 2.66. The third kappa shape index (κ3) is 6.89. The van der Waals surface area contributed by atoms with E-state index >= 15 is 0 Å². The van der Waals surface area contributed by atoms with Gasteiger partial charge in [-0.1, -0.05) is 44.2 Å². The first-order chi connectivity index (χ1) is 13.0. The van der Waals surface area contributed by atoms with E-state index in [0.29, 0.717) is 19.1 Å². The number of aliphatic hydroxyl groups is 1. The summed E-state index contributed by atoms with van der Waals surface area (Å²) in [5, 5.41) is 12.4. The van der Waals surface area contributed by atoms with E-state index in [0.717, 1.165) is 25.4 Å². The van der Waals surface area contributed by atoms with Gasteiger partial charge in [0.15, 0.2) is 0 Å². The van der Waals surface area contributed by atoms with Gasteiger partial charge < -0.3 is 20.1 Å². The molecule has 0 spiro atoms. The molecule has 0 fully saturated rings. The Labute approximate surface area is 164 Å². The second-order valence-electron chi connectivity index (χ2n) is 7.39. The van der Waals surface area contributed by atoms with Crippen LogP contribution in [0.4, 0.5) is 5.69 Å². The second kappa shape index (κ2) is 11.0. The third-order valence-corrected chi connectivity index (χ3v) is 4.76. The highest BCUT2D eigenvalue weighted by molar-refractivity contribution is 5.48. The van der Waals surface area contributed by atoms with Gasteiger partial charge in [-0.15, -0.1) is 0 Å². The van der Waals surface area contributed by atoms with Crippen LogP contribution in [0.15, 0.2) is 48.5 Å². The normalized spacial score (nSPS) is 12.2. The maximum Gasteiger partial charge on any atom is 0.137 e. The first-order valence-electron chi connectivity index (χ1n) is 10.0. The lowest BCUT2D eigenvalue weighted by molar-refractivity contribution is -0.658. The molecule has 4 heteroatoms. The Morgan fingerprint density at radius 2 is 1.89 bits per heavy atom. The van der Waals surface area contributed by atoms with Crippen LogP contribution in [0, 0.1) is 6.92 Å². The number of rotatable bonds is 11. The standard InChI is InChI=1S/C23H34N2O2/c1-5-25(20-10-8-9-19(4)15-20)14-13-24-16-21(26)17-27-23-12-7-6-11-22(23)18(2)3/h6-12,15,18,21,24,26H,5,13-14,16-17H2,1-4H3/p+1/t21-/m0/s1. The molecule has 0 aliphatic heterocycles. The molecule has 2 rings (SSSR count). The van der Waals surface area contributed by atoms with E-state index in [1.807, 2.05) is 18.2 Å². The molecule has 1 atom stereocenters. The number of para-hydroxylation sites is 1. The molecule has 0 aromatic heterocycles. The predicted molar refractivity (Wildman–Crippen MR) is 113 cm³/mol. The number of aryl methyl sites for hydroxylation is 1. The van der Waals surface area contributed by atoms with Crippen LogP contribution < -0.4 is 15.0 Å². The molecule has 148 valence electrons. The van der Waals surface area contributed by atoms with Gasteiger partial charge in [0.25, 0.3) is 0 Å². The van der Waals surface area contributed by atoms with Gasteiger partial charge in [-0.2, -0.15) is 0 Å². The number of hydrogen-bond donors (Lipinski definition) is 2. The van der Waals surface area contributed by atoms with Crippen molar-refractivity contribution in [2.45, 2.75) is 39.7 Å². The van der Waals surface area contributed by atoms with Crippen LogP contribution in [0.3, 0.4) is 0 Å². The number of aliphatic hydroxyl groups excluding tert-OH is 1. The summed E-state index contributed by atoms with van der Waals surface area (Å²) >= 11 is 0. The van der Waals surface area contributed by atoms with Crippen molar-refractivity contribution in [2.24, 2.45) is 0 Å². The number of ether oxygens (including phenoxy) is 1. The summed E-state index contributed by atoms with van der Waals surface area (Å²) in [6.07, 6.45) is -0.473. The lowest BCUT2D eigenvalue weighted by Gasteiger charge is -2.23. The van der Waals surface area contributed by atoms with Crippen LogP contribution >= 0.6 is 0 Å². The van der Waals surface area contributed by atoms with Crippen LogP contribution in [0.25, 0.3) is 0 Å². The van der Waals surface area contributed by atoms with E-state index < -0.39 is 6.10 Å². The van der Waals surface area contributed by atoms with Crippen molar-refractivity contribution in [3.8, 4) is 5.75 Å². The minimum absolute atomic E-state index is 0.329. The number of quaternary nitrogens is 1. The van der Waals surface area contributed by atoms with Gasteiger partial charge in [0, 0.05) is 12.2 Å². The highest BCUT2D eigenvalue weighted by Crippen LogP contribution is 2.25. The number of benzene rings is 2. The minimum Gasteiger partial charge on any atom is -0.490 e. The fraction of sp³-hybridized carbons (Fsp3) is 0.478. The monoisotopic (exact) mass is 371 g/mol. The number of nitrogens with two attached hydrogens (primary N) is 1. The van der Waals surface area contributed by atoms with E-state index in [4.69, 9.17) is 4.74 Å². The number of anilines is 1. The summed E-state index contributed by atoms with van der Waals surface area (Å²) in [6, 6.07) is 16.7. The van der Waals surface area contributed by atoms with Gasteiger partial charge in [0.1, 0.15) is 25.0 Å². The highest BCUT2D eigenvalue weighted by Gasteiger charge is 2.12. The Morgan fingerprint density at radius 1 is 1.11 bits per heavy atom. The van der Waals surface area contributed by atoms with Gasteiger partial charge in [-0.25, -0.2) is 0 Å². The summed E-state index contributed by atoms with van der Waals surface area (Å²) in [5.41, 5.74) is 3.73. The number of nitrogens with zero attached hydrogens (tertiary/aromatic N) is 1. The molecule has 0 amide bonds. The Kier molecular flexibility index (Phi) is 8.62. The summed E-state index contributed by atoms with van der Waals surface area (Å²) in [5.74, 6) is 1.29. The Bertz CT molecular complexity index is 688. The van der Waals surface area contributed by atoms with Crippen LogP contribution in [0.5, 0.6) is 5.75 Å². The lowest BCUT2D eigenvalue weighted by atomic mass is 10.0. The van der Waals surface area contributed by atoms with E-state index in [-0.39, 0.29) is 0 Å². The van der Waals surface area contributed by atoms with Crippen molar-refractivity contribution < 1.29 is 15.2 Å². The van der Waals surface area contributed by atoms with E-state index in [9.17, 15) is 5.11 Å². The second-order valence-corrected chi connectivity index (χ2v) is 7.39. The maximum absolute atomic E-state index is 10.2. The Hall–Kier alpha value is -2.04. The quantitative estimate of drug-likeness (QED) is 0.597. The summed E-state index contributed by atoms with van der Waals surface area (Å²) < 4.78 is 5.86. The van der Waals surface area contributed by atoms with Gasteiger partial charge in [-0.3, -0.25) is 0 Å². The minimum atomic E-state index is -0.473. The van der Waals surface area contributed by atoms with Crippen LogP contribution in [0.1, 0.15) is 37.8 Å². The molecule has 4 nitrogen and oxygen atoms in total. The van der Waals surface area contributed by atoms with Crippen molar-refractivity contribution in [1.82, 2.24) is 0 Å². The van der Waals surface area contributed by atoms with Crippen molar-refractivity contribution in [1.29, 1.82) is 0 Å². The largest absolute Gasteiger partial charge is 0.490 e. The molecule has 0 heterocycles. The smallest absolute Gasteiger partial charge is 0.137 e. The SMILES string of the molecule is CCN(CC[NH2+]C[C@H](O)COc1ccccc1C(C)C)c1cccc(C)c1. The summed E-state index contributed by atoms with van der Waals surface area (Å²) in [7, 11) is 0. The first-order valence-corrected chi connectivity index (χ1v) is 10.0. The fourth-order valence-corrected chi connectivity index (χ4v) is 3.19. The van der Waals surface area contributed by atoms with Crippen molar-refractivity contribution in [3.63, 3.8) is 0 Å². The maximum atomic E-state index is 10.2. The highest BCUT2D eigenvalue weighted by atomic mass is 16.5. The van der Waals surface area contributed by atoms with E-state index in [1.54, 1.807) is 0 Å². The molecular formula is C23H35N2O2+. The molecule has 2 aromatic rings. The van der Waals surface area contributed by atoms with Crippen LogP contribution in [-0.4, -0.2) is 44.0 Å². The van der Waals surface area contributed by atoms with Crippen molar-refractivity contribution in [2.75, 3.05) is 37.7 Å². The predicted octanol–water partition coefficient (Wildman–Crippen LogP) is 2.95. The molecule has 0 aliphatic rings. The molecule has 3 N–H and O–H groups in total. The van der Waals surface area contributed by atoms with E-state index in [1.165, 1.54) is 16.8 Å². The molecular weight excluding hydrogens is 336 g/mol. The van der Waals surface area contributed by atoms with Crippen molar-refractivity contribution >= 4 is 5.69 Å². The van der Waals surface area contributed by atoms with Crippen molar-refractivity contribution in [3.05, 3.63) is 59.7 Å². The molecule has 0 aliphatic carbocycles. The topological polar surface area (TPSA) is 49.3 Å². The molecule has 0 saturated heterocycles. The summed E-state index contributed by atoms with van der Waals surface area (Å²) in [4.78, 5) is 2.37. The molecule has 27 heavy (non-hydrogen) atoms. The van der Waals surface area contributed by atoms with Crippen LogP contribution in [-0.2, 0) is 0 Å². The fourth-order valence-electron chi connectivity index (χ4n) is 3.19. The van der Waals surface area contributed by atoms with Gasteiger partial charge in [0.2, 0.25) is 0 Å². The van der Waals surface area contributed by atoms with Crippen LogP contribution in [0.2, 0.25) is 0 Å². The van der Waals surface area contributed by atoms with Gasteiger partial charge >= 0.3 is 0 Å². The lowest BCUT2D eigenvalue weighted by Crippen LogP contribution is -2.88. The zero-order valence-electron chi connectivity index (χ0n) is 17.2. The summed E-state index contributed by atoms with van der Waals surface area (Å²) in [6.45, 7) is 12.5. The molecule has 0 unspecified atom stereocenters. The van der Waals surface area contributed by atoms with Gasteiger partial charge in [-0.05, 0) is 49.1 Å². The molecule has 2 aromatic carbocycles. The zero-order chi connectivity index (χ0) is 19.6. The van der Waals surface area contributed by atoms with Gasteiger partial charge in [0.05, 0.1) is 13.1 Å². The third-order valence-electron chi connectivity index (χ3n) is 4.76. The Morgan fingerprint density at radius 3 is 2.59 bits per heavy atom. The zero-order valence-corrected chi connectivity index (χ0v) is 17.2. The molecule has 0 radical (unpaired) electrons. The molecule has 0 saturated carbocycles. The number of likely N-dealkylation sites (N-methyl/N-ethyl adjacent to an activating group) is 1. The molecule has 0 bridgehead atoms. The average molecular weight is 372 g/mol. The Balaban J connectivity index is 1.72.